The van der Waals surface area contributed by atoms with E-state index in [9.17, 15) is 4.79 Å². The van der Waals surface area contributed by atoms with E-state index in [0.29, 0.717) is 6.42 Å². The lowest BCUT2D eigenvalue weighted by atomic mass is 10.1. The lowest BCUT2D eigenvalue weighted by Crippen LogP contribution is -2.08. The van der Waals surface area contributed by atoms with Crippen LogP contribution in [-0.4, -0.2) is 11.1 Å². The molecule has 1 aromatic rings. The summed E-state index contributed by atoms with van der Waals surface area (Å²) in [6.45, 7) is 1.87. The minimum absolute atomic E-state index is 0.379. The second-order valence-corrected chi connectivity index (χ2v) is 3.12. The van der Waals surface area contributed by atoms with Gasteiger partial charge in [0, 0.05) is 0 Å². The maximum Gasteiger partial charge on any atom is 0.310 e. The molecule has 1 N–H and O–H groups in total. The third-order valence-corrected chi connectivity index (χ3v) is 2.08. The first-order valence-electron chi connectivity index (χ1n) is 4.70. The molecule has 74 valence electrons. The van der Waals surface area contributed by atoms with E-state index in [1.807, 2.05) is 43.3 Å². The van der Waals surface area contributed by atoms with Crippen molar-refractivity contribution in [1.82, 2.24) is 0 Å². The lowest BCUT2D eigenvalue weighted by Gasteiger charge is -2.01. The van der Waals surface area contributed by atoms with E-state index < -0.39 is 5.97 Å². The van der Waals surface area contributed by atoms with Gasteiger partial charge in [0.15, 0.2) is 0 Å². The Morgan fingerprint density at radius 2 is 2.07 bits per heavy atom. The summed E-state index contributed by atoms with van der Waals surface area (Å²) >= 11 is 0. The van der Waals surface area contributed by atoms with Gasteiger partial charge in [-0.2, -0.15) is 0 Å². The Labute approximate surface area is 83.9 Å². The molecule has 0 aromatic heterocycles. The van der Waals surface area contributed by atoms with Gasteiger partial charge in [-0.1, -0.05) is 49.4 Å². The van der Waals surface area contributed by atoms with E-state index >= 15 is 0 Å². The first-order chi connectivity index (χ1) is 6.74. The van der Waals surface area contributed by atoms with E-state index in [4.69, 9.17) is 5.11 Å². The normalized spacial score (nSPS) is 12.9. The molecule has 1 rings (SSSR count). The summed E-state index contributed by atoms with van der Waals surface area (Å²) in [6, 6.07) is 9.70. The number of hydrogen-bond donors (Lipinski definition) is 1. The summed E-state index contributed by atoms with van der Waals surface area (Å²) in [5.74, 6) is -1.14. The van der Waals surface area contributed by atoms with Crippen LogP contribution in [0.25, 0.3) is 6.08 Å². The molecule has 0 aliphatic rings. The third kappa shape index (κ3) is 3.05. The molecule has 0 unspecified atom stereocenters. The molecule has 0 amide bonds. The van der Waals surface area contributed by atoms with E-state index in [-0.39, 0.29) is 5.92 Å². The average molecular weight is 190 g/mol. The van der Waals surface area contributed by atoms with Crippen LogP contribution in [0.5, 0.6) is 0 Å². The van der Waals surface area contributed by atoms with Crippen LogP contribution in [0.15, 0.2) is 36.4 Å². The van der Waals surface area contributed by atoms with Crippen molar-refractivity contribution in [1.29, 1.82) is 0 Å². The smallest absolute Gasteiger partial charge is 0.310 e. The average Bonchev–Trinajstić information content (AvgIpc) is 2.20. The summed E-state index contributed by atoms with van der Waals surface area (Å²) in [5, 5.41) is 8.80. The summed E-state index contributed by atoms with van der Waals surface area (Å²) in [5.41, 5.74) is 1.03. The molecule has 0 spiro atoms. The predicted molar refractivity (Wildman–Crippen MR) is 56.9 cm³/mol. The van der Waals surface area contributed by atoms with Gasteiger partial charge >= 0.3 is 5.97 Å². The molecule has 0 radical (unpaired) electrons. The number of carboxylic acids is 1. The molecule has 14 heavy (non-hydrogen) atoms. The maximum atomic E-state index is 10.7. The van der Waals surface area contributed by atoms with Gasteiger partial charge in [-0.05, 0) is 12.0 Å². The van der Waals surface area contributed by atoms with Crippen LogP contribution in [-0.2, 0) is 4.79 Å². The zero-order chi connectivity index (χ0) is 10.4. The van der Waals surface area contributed by atoms with Crippen molar-refractivity contribution in [2.75, 3.05) is 0 Å². The van der Waals surface area contributed by atoms with Gasteiger partial charge < -0.3 is 5.11 Å². The van der Waals surface area contributed by atoms with Gasteiger partial charge in [0.05, 0.1) is 5.92 Å². The quantitative estimate of drug-likeness (QED) is 0.792. The molecule has 0 saturated heterocycles. The number of hydrogen-bond acceptors (Lipinski definition) is 1. The number of aliphatic carboxylic acids is 1. The van der Waals surface area contributed by atoms with Gasteiger partial charge in [-0.3, -0.25) is 4.79 Å². The first kappa shape index (κ1) is 10.5. The molecular weight excluding hydrogens is 176 g/mol. The Hall–Kier alpha value is -1.57. The highest BCUT2D eigenvalue weighted by Gasteiger charge is 2.09. The van der Waals surface area contributed by atoms with Crippen molar-refractivity contribution in [3.63, 3.8) is 0 Å². The van der Waals surface area contributed by atoms with Crippen LogP contribution in [0.3, 0.4) is 0 Å². The third-order valence-electron chi connectivity index (χ3n) is 2.08. The van der Waals surface area contributed by atoms with E-state index in [2.05, 4.69) is 0 Å². The van der Waals surface area contributed by atoms with Gasteiger partial charge in [-0.15, -0.1) is 0 Å². The van der Waals surface area contributed by atoms with Crippen LogP contribution in [0.2, 0.25) is 0 Å². The van der Waals surface area contributed by atoms with Gasteiger partial charge in [0.1, 0.15) is 0 Å². The van der Waals surface area contributed by atoms with Crippen molar-refractivity contribution in [3.05, 3.63) is 42.0 Å². The summed E-state index contributed by atoms with van der Waals surface area (Å²) < 4.78 is 0. The topological polar surface area (TPSA) is 37.3 Å². The molecule has 0 fully saturated rings. The number of carboxylic acid groups (broad SMARTS) is 1. The molecule has 1 atom stereocenters. The highest BCUT2D eigenvalue weighted by Crippen LogP contribution is 2.08. The second kappa shape index (κ2) is 5.22. The molecule has 2 nitrogen and oxygen atoms in total. The molecule has 2 heteroatoms. The van der Waals surface area contributed by atoms with Gasteiger partial charge in [0.25, 0.3) is 0 Å². The van der Waals surface area contributed by atoms with E-state index in [1.165, 1.54) is 0 Å². The SMILES string of the molecule is CC[C@@H](/C=C\c1ccccc1)C(=O)O. The van der Waals surface area contributed by atoms with E-state index in [0.717, 1.165) is 5.56 Å². The molecule has 0 heterocycles. The van der Waals surface area contributed by atoms with Crippen molar-refractivity contribution < 1.29 is 9.90 Å². The van der Waals surface area contributed by atoms with Crippen LogP contribution in [0, 0.1) is 5.92 Å². The molecule has 0 aliphatic carbocycles. The minimum atomic E-state index is -0.764. The van der Waals surface area contributed by atoms with Crippen LogP contribution < -0.4 is 0 Å². The van der Waals surface area contributed by atoms with Gasteiger partial charge in [0.2, 0.25) is 0 Å². The van der Waals surface area contributed by atoms with E-state index in [1.54, 1.807) is 6.08 Å². The molecule has 0 saturated carbocycles. The fourth-order valence-electron chi connectivity index (χ4n) is 1.18. The zero-order valence-corrected chi connectivity index (χ0v) is 8.18. The van der Waals surface area contributed by atoms with Crippen molar-refractivity contribution in [2.24, 2.45) is 5.92 Å². The Kier molecular flexibility index (Phi) is 3.92. The second-order valence-electron chi connectivity index (χ2n) is 3.12. The Morgan fingerprint density at radius 1 is 1.43 bits per heavy atom. The zero-order valence-electron chi connectivity index (χ0n) is 8.18. The van der Waals surface area contributed by atoms with Gasteiger partial charge in [-0.25, -0.2) is 0 Å². The van der Waals surface area contributed by atoms with Crippen molar-refractivity contribution >= 4 is 12.0 Å². The Bertz CT molecular complexity index is 314. The summed E-state index contributed by atoms with van der Waals surface area (Å²) in [7, 11) is 0. The Morgan fingerprint density at radius 3 is 2.57 bits per heavy atom. The molecule has 0 aliphatic heterocycles. The van der Waals surface area contributed by atoms with Crippen LogP contribution in [0.4, 0.5) is 0 Å². The minimum Gasteiger partial charge on any atom is -0.481 e. The molecule has 0 bridgehead atoms. The van der Waals surface area contributed by atoms with Crippen molar-refractivity contribution in [3.8, 4) is 0 Å². The lowest BCUT2D eigenvalue weighted by molar-refractivity contribution is -0.140. The fourth-order valence-corrected chi connectivity index (χ4v) is 1.18. The maximum absolute atomic E-state index is 10.7. The molecule has 1 aromatic carbocycles. The largest absolute Gasteiger partial charge is 0.481 e. The van der Waals surface area contributed by atoms with Crippen molar-refractivity contribution in [2.45, 2.75) is 13.3 Å². The highest BCUT2D eigenvalue weighted by molar-refractivity contribution is 5.73. The fraction of sp³-hybridized carbons (Fsp3) is 0.250. The summed E-state index contributed by atoms with van der Waals surface area (Å²) in [4.78, 5) is 10.7. The highest BCUT2D eigenvalue weighted by atomic mass is 16.4. The summed E-state index contributed by atoms with van der Waals surface area (Å²) in [6.07, 6.45) is 4.21. The number of benzene rings is 1. The Balaban J connectivity index is 2.67. The number of rotatable bonds is 4. The predicted octanol–water partition coefficient (Wildman–Crippen LogP) is 2.81. The first-order valence-corrected chi connectivity index (χ1v) is 4.70. The van der Waals surface area contributed by atoms with Crippen LogP contribution in [0.1, 0.15) is 18.9 Å². The molecular formula is C12H14O2. The number of carbonyl (C=O) groups is 1. The van der Waals surface area contributed by atoms with Crippen LogP contribution >= 0.6 is 0 Å². The standard InChI is InChI=1S/C12H14O2/c1-2-11(12(13)14)9-8-10-6-4-3-5-7-10/h3-9,11H,2H2,1H3,(H,13,14)/b9-8-/t11-/m0/s1. The monoisotopic (exact) mass is 190 g/mol.